The number of benzene rings is 1. The monoisotopic (exact) mass is 581 g/mol. The van der Waals surface area contributed by atoms with Crippen molar-refractivity contribution in [3.8, 4) is 29.2 Å². The summed E-state index contributed by atoms with van der Waals surface area (Å²) in [5.41, 5.74) is 1.75. The zero-order valence-corrected chi connectivity index (χ0v) is 23.9. The maximum Gasteiger partial charge on any atom is 0.266 e. The van der Waals surface area contributed by atoms with Gasteiger partial charge in [0, 0.05) is 24.6 Å². The predicted octanol–water partition coefficient (Wildman–Crippen LogP) is 5.39. The van der Waals surface area contributed by atoms with E-state index in [9.17, 15) is 10.1 Å². The molecular formula is C30H27N7O4S. The lowest BCUT2D eigenvalue weighted by atomic mass is 9.85. The minimum atomic E-state index is -1.07. The van der Waals surface area contributed by atoms with Crippen molar-refractivity contribution < 1.29 is 18.4 Å². The Hall–Kier alpha value is -4.73. The number of rotatable bonds is 9. The fourth-order valence-electron chi connectivity index (χ4n) is 5.06. The second-order valence-electron chi connectivity index (χ2n) is 10.2. The predicted molar refractivity (Wildman–Crippen MR) is 152 cm³/mol. The average molecular weight is 582 g/mol. The summed E-state index contributed by atoms with van der Waals surface area (Å²) in [6.45, 7) is 2.78. The van der Waals surface area contributed by atoms with Crippen molar-refractivity contribution >= 4 is 17.2 Å². The van der Waals surface area contributed by atoms with Crippen molar-refractivity contribution in [3.63, 3.8) is 0 Å². The Morgan fingerprint density at radius 3 is 2.74 bits per heavy atom. The van der Waals surface area contributed by atoms with Gasteiger partial charge in [-0.15, -0.1) is 21.5 Å². The molecule has 1 fully saturated rings. The number of hydrogen-bond acceptors (Lipinski definition) is 11. The van der Waals surface area contributed by atoms with Gasteiger partial charge in [-0.25, -0.2) is 15.0 Å². The molecule has 1 aliphatic rings. The van der Waals surface area contributed by atoms with E-state index in [0.29, 0.717) is 30.8 Å². The molecule has 0 saturated carbocycles. The third-order valence-corrected chi connectivity index (χ3v) is 8.14. The maximum atomic E-state index is 14.0. The molecule has 2 atom stereocenters. The minimum Gasteiger partial charge on any atom is -0.443 e. The number of aromatic nitrogens is 5. The van der Waals surface area contributed by atoms with Gasteiger partial charge in [0.15, 0.2) is 0 Å². The van der Waals surface area contributed by atoms with Crippen LogP contribution in [0.5, 0.6) is 0 Å². The highest BCUT2D eigenvalue weighted by molar-refractivity contribution is 7.09. The normalized spacial score (nSPS) is 16.3. The Labute approximate surface area is 245 Å². The van der Waals surface area contributed by atoms with Crippen LogP contribution in [0, 0.1) is 11.3 Å². The van der Waals surface area contributed by atoms with E-state index in [0.717, 1.165) is 29.1 Å². The molecule has 0 radical (unpaired) electrons. The number of pyridine rings is 1. The molecule has 5 aromatic rings. The molecule has 12 heteroatoms. The van der Waals surface area contributed by atoms with Crippen LogP contribution < -0.4 is 0 Å². The number of carbonyl (C=O) groups excluding carboxylic acids is 1. The molecule has 0 bridgehead atoms. The van der Waals surface area contributed by atoms with E-state index in [1.165, 1.54) is 23.8 Å². The van der Waals surface area contributed by atoms with Gasteiger partial charge in [0.2, 0.25) is 11.8 Å². The van der Waals surface area contributed by atoms with E-state index < -0.39 is 5.41 Å². The number of methoxy groups -OCH3 is 1. The van der Waals surface area contributed by atoms with Crippen molar-refractivity contribution in [2.45, 2.75) is 44.2 Å². The quantitative estimate of drug-likeness (QED) is 0.222. The summed E-state index contributed by atoms with van der Waals surface area (Å²) in [6.07, 6.45) is 5.01. The van der Waals surface area contributed by atoms with Gasteiger partial charge in [-0.05, 0) is 43.9 Å². The Kier molecular flexibility index (Phi) is 7.60. The van der Waals surface area contributed by atoms with Crippen molar-refractivity contribution in [1.29, 1.82) is 5.26 Å². The van der Waals surface area contributed by atoms with Gasteiger partial charge in [0.1, 0.15) is 28.1 Å². The van der Waals surface area contributed by atoms with Crippen molar-refractivity contribution in [2.24, 2.45) is 0 Å². The van der Waals surface area contributed by atoms with Crippen molar-refractivity contribution in [3.05, 3.63) is 88.0 Å². The molecule has 0 N–H and O–H groups in total. The molecule has 1 amide bonds. The fraction of sp³-hybridized carbons (Fsp3) is 0.300. The zero-order chi connectivity index (χ0) is 29.1. The summed E-state index contributed by atoms with van der Waals surface area (Å²) in [7, 11) is 1.63. The molecule has 1 saturated heterocycles. The molecule has 2 unspecified atom stereocenters. The van der Waals surface area contributed by atoms with Crippen LogP contribution in [0.1, 0.15) is 58.3 Å². The molecule has 11 nitrogen and oxygen atoms in total. The Morgan fingerprint density at radius 1 is 1.19 bits per heavy atom. The Bertz CT molecular complexity index is 1730. The van der Waals surface area contributed by atoms with Gasteiger partial charge in [-0.1, -0.05) is 30.3 Å². The van der Waals surface area contributed by atoms with Gasteiger partial charge in [-0.3, -0.25) is 4.79 Å². The van der Waals surface area contributed by atoms with Crippen LogP contribution in [0.4, 0.5) is 0 Å². The smallest absolute Gasteiger partial charge is 0.266 e. The number of nitrogens with zero attached hydrogens (tertiary/aromatic N) is 7. The highest BCUT2D eigenvalue weighted by Crippen LogP contribution is 2.36. The fourth-order valence-corrected chi connectivity index (χ4v) is 6.01. The summed E-state index contributed by atoms with van der Waals surface area (Å²) in [5, 5.41) is 21.3. The first-order chi connectivity index (χ1) is 20.5. The second-order valence-corrected chi connectivity index (χ2v) is 11.1. The summed E-state index contributed by atoms with van der Waals surface area (Å²) in [5.74, 6) is 0.321. The first kappa shape index (κ1) is 27.4. The first-order valence-corrected chi connectivity index (χ1v) is 14.3. The number of likely N-dealkylation sites (tertiary alicyclic amines) is 1. The second kappa shape index (κ2) is 11.6. The number of hydrogen-bond donors (Lipinski definition) is 0. The number of nitriles is 1. The van der Waals surface area contributed by atoms with E-state index in [2.05, 4.69) is 26.2 Å². The van der Waals surface area contributed by atoms with E-state index in [1.807, 2.05) is 40.6 Å². The molecule has 212 valence electrons. The lowest BCUT2D eigenvalue weighted by Crippen LogP contribution is -2.30. The SMILES string of the molecule is COCc1csc(C2CCCN2C(=O)c2cc(-c3ncco3)nc(-c3nnc(C(C)(C#N)Cc4ccccc4)o3)c2)n1. The van der Waals surface area contributed by atoms with Crippen LogP contribution in [0.3, 0.4) is 0 Å². The van der Waals surface area contributed by atoms with Gasteiger partial charge in [0.05, 0.1) is 30.6 Å². The van der Waals surface area contributed by atoms with E-state index in [1.54, 1.807) is 26.2 Å². The maximum absolute atomic E-state index is 14.0. The third kappa shape index (κ3) is 5.44. The van der Waals surface area contributed by atoms with E-state index >= 15 is 0 Å². The molecule has 4 aromatic heterocycles. The van der Waals surface area contributed by atoms with Crippen LogP contribution in [-0.2, 0) is 23.2 Å². The minimum absolute atomic E-state index is 0.0871. The summed E-state index contributed by atoms with van der Waals surface area (Å²) in [6, 6.07) is 15.1. The number of amides is 1. The summed E-state index contributed by atoms with van der Waals surface area (Å²) >= 11 is 1.53. The number of oxazole rings is 1. The van der Waals surface area contributed by atoms with Crippen molar-refractivity contribution in [2.75, 3.05) is 13.7 Å². The van der Waals surface area contributed by atoms with Crippen molar-refractivity contribution in [1.82, 2.24) is 30.0 Å². The molecule has 42 heavy (non-hydrogen) atoms. The van der Waals surface area contributed by atoms with Crippen LogP contribution in [-0.4, -0.2) is 49.6 Å². The van der Waals surface area contributed by atoms with E-state index in [4.69, 9.17) is 18.6 Å². The van der Waals surface area contributed by atoms with E-state index in [-0.39, 0.29) is 35.3 Å². The number of carbonyl (C=O) groups is 1. The number of ether oxygens (including phenoxy) is 1. The molecule has 5 heterocycles. The Balaban J connectivity index is 1.34. The standard InChI is InChI=1S/C30H27N7O4S/c1-30(18-31,15-19-7-4-3-5-8-19)29-36-35-26(41-29)23-14-20(13-22(34-23)25-32-10-12-40-25)28(38)37-11-6-9-24(37)27-33-21(16-39-2)17-42-27/h3-5,7-8,10,12-14,17,24H,6,9,11,15-16H2,1-2H3. The number of thiazole rings is 1. The van der Waals surface area contributed by atoms with Crippen LogP contribution in [0.25, 0.3) is 23.2 Å². The highest BCUT2D eigenvalue weighted by atomic mass is 32.1. The van der Waals surface area contributed by atoms with Gasteiger partial charge in [0.25, 0.3) is 11.8 Å². The molecule has 0 spiro atoms. The summed E-state index contributed by atoms with van der Waals surface area (Å²) < 4.78 is 16.8. The molecule has 0 aliphatic carbocycles. The van der Waals surface area contributed by atoms with Gasteiger partial charge >= 0.3 is 0 Å². The average Bonchev–Trinajstić information content (AvgIpc) is 3.84. The van der Waals surface area contributed by atoms with Crippen LogP contribution >= 0.6 is 11.3 Å². The summed E-state index contributed by atoms with van der Waals surface area (Å²) in [4.78, 5) is 29.4. The lowest BCUT2D eigenvalue weighted by molar-refractivity contribution is 0.0735. The molecule has 1 aromatic carbocycles. The van der Waals surface area contributed by atoms with Crippen LogP contribution in [0.15, 0.2) is 69.1 Å². The first-order valence-electron chi connectivity index (χ1n) is 13.4. The third-order valence-electron chi connectivity index (χ3n) is 7.15. The largest absolute Gasteiger partial charge is 0.443 e. The molecular weight excluding hydrogens is 554 g/mol. The zero-order valence-electron chi connectivity index (χ0n) is 23.1. The highest BCUT2D eigenvalue weighted by Gasteiger charge is 2.35. The molecule has 1 aliphatic heterocycles. The Morgan fingerprint density at radius 2 is 2.00 bits per heavy atom. The van der Waals surface area contributed by atoms with Gasteiger partial charge < -0.3 is 18.5 Å². The lowest BCUT2D eigenvalue weighted by Gasteiger charge is -2.23. The van der Waals surface area contributed by atoms with Crippen LogP contribution in [0.2, 0.25) is 0 Å². The molecule has 6 rings (SSSR count). The topological polar surface area (TPSA) is 144 Å². The van der Waals surface area contributed by atoms with Gasteiger partial charge in [-0.2, -0.15) is 5.26 Å².